The van der Waals surface area contributed by atoms with Crippen LogP contribution >= 0.6 is 0 Å². The van der Waals surface area contributed by atoms with Gasteiger partial charge in [0.25, 0.3) is 5.91 Å². The van der Waals surface area contributed by atoms with E-state index in [0.29, 0.717) is 34.5 Å². The molecule has 1 atom stereocenters. The summed E-state index contributed by atoms with van der Waals surface area (Å²) in [6, 6.07) is 8.62. The largest absolute Gasteiger partial charge is 0.497 e. The van der Waals surface area contributed by atoms with Crippen LogP contribution in [-0.2, 0) is 0 Å². The molecule has 130 valence electrons. The van der Waals surface area contributed by atoms with Gasteiger partial charge in [-0.25, -0.2) is 0 Å². The fraction of sp³-hybridized carbons (Fsp3) is 0.278. The quantitative estimate of drug-likeness (QED) is 0.764. The van der Waals surface area contributed by atoms with Crippen molar-refractivity contribution in [3.05, 3.63) is 53.3 Å². The summed E-state index contributed by atoms with van der Waals surface area (Å²) in [7, 11) is 1.60. The zero-order valence-electron chi connectivity index (χ0n) is 14.5. The number of ether oxygens (including phenoxy) is 1. The molecule has 3 aromatic rings. The van der Waals surface area contributed by atoms with Crippen LogP contribution in [0.1, 0.15) is 40.7 Å². The third-order valence-electron chi connectivity index (χ3n) is 3.77. The van der Waals surface area contributed by atoms with Crippen molar-refractivity contribution in [1.29, 1.82) is 0 Å². The van der Waals surface area contributed by atoms with Crippen LogP contribution in [0.25, 0.3) is 11.4 Å². The summed E-state index contributed by atoms with van der Waals surface area (Å²) in [5.74, 6) is 2.48. The summed E-state index contributed by atoms with van der Waals surface area (Å²) in [6.07, 6.45) is 0. The molecule has 0 bridgehead atoms. The molecule has 7 nitrogen and oxygen atoms in total. The Kier molecular flexibility index (Phi) is 4.56. The average molecular weight is 341 g/mol. The molecule has 0 radical (unpaired) electrons. The van der Waals surface area contributed by atoms with E-state index in [9.17, 15) is 4.79 Å². The summed E-state index contributed by atoms with van der Waals surface area (Å²) in [6.45, 7) is 5.33. The average Bonchev–Trinajstić information content (AvgIpc) is 3.21. The topological polar surface area (TPSA) is 90.4 Å². The van der Waals surface area contributed by atoms with Crippen LogP contribution < -0.4 is 10.1 Å². The third kappa shape index (κ3) is 3.55. The second kappa shape index (κ2) is 6.80. The van der Waals surface area contributed by atoms with Crippen molar-refractivity contribution in [3.63, 3.8) is 0 Å². The fourth-order valence-electron chi connectivity index (χ4n) is 2.48. The minimum atomic E-state index is -0.436. The third-order valence-corrected chi connectivity index (χ3v) is 3.77. The number of carbonyl (C=O) groups is 1. The summed E-state index contributed by atoms with van der Waals surface area (Å²) in [5, 5.41) is 6.81. The molecular weight excluding hydrogens is 322 g/mol. The molecule has 1 amide bonds. The number of nitrogens with zero attached hydrogens (tertiary/aromatic N) is 2. The van der Waals surface area contributed by atoms with Crippen LogP contribution in [0.2, 0.25) is 0 Å². The van der Waals surface area contributed by atoms with E-state index in [1.807, 2.05) is 24.3 Å². The Hall–Kier alpha value is -3.09. The maximum atomic E-state index is 12.3. The zero-order chi connectivity index (χ0) is 18.0. The lowest BCUT2D eigenvalue weighted by Crippen LogP contribution is -2.27. The van der Waals surface area contributed by atoms with Gasteiger partial charge in [-0.15, -0.1) is 0 Å². The first-order chi connectivity index (χ1) is 12.0. The number of methoxy groups -OCH3 is 1. The monoisotopic (exact) mass is 341 g/mol. The Balaban J connectivity index is 1.75. The van der Waals surface area contributed by atoms with Crippen molar-refractivity contribution >= 4 is 5.91 Å². The van der Waals surface area contributed by atoms with Gasteiger partial charge < -0.3 is 19.0 Å². The van der Waals surface area contributed by atoms with E-state index in [1.54, 1.807) is 33.9 Å². The van der Waals surface area contributed by atoms with Crippen LogP contribution in [0.3, 0.4) is 0 Å². The lowest BCUT2D eigenvalue weighted by atomic mass is 10.2. The highest BCUT2D eigenvalue weighted by molar-refractivity contribution is 5.95. The van der Waals surface area contributed by atoms with Crippen molar-refractivity contribution in [2.24, 2.45) is 0 Å². The van der Waals surface area contributed by atoms with Crippen molar-refractivity contribution in [1.82, 2.24) is 15.5 Å². The number of aryl methyl sites for hydroxylation is 2. The molecule has 25 heavy (non-hydrogen) atoms. The summed E-state index contributed by atoms with van der Waals surface area (Å²) < 4.78 is 15.9. The number of hydrogen-bond donors (Lipinski definition) is 1. The van der Waals surface area contributed by atoms with Gasteiger partial charge in [0.2, 0.25) is 11.7 Å². The van der Waals surface area contributed by atoms with Gasteiger partial charge in [0.1, 0.15) is 23.3 Å². The minimum absolute atomic E-state index is 0.247. The minimum Gasteiger partial charge on any atom is -0.497 e. The lowest BCUT2D eigenvalue weighted by Gasteiger charge is -2.08. The standard InChI is InChI=1S/C18H19N3O4/c1-10-8-15(12(3)24-10)17(22)19-11(2)18-20-16(21-25-18)13-6-5-7-14(9-13)23-4/h5-9,11H,1-4H3,(H,19,22). The molecule has 0 fully saturated rings. The van der Waals surface area contributed by atoms with Crippen LogP contribution in [0.15, 0.2) is 39.3 Å². The van der Waals surface area contributed by atoms with Crippen molar-refractivity contribution in [2.45, 2.75) is 26.8 Å². The van der Waals surface area contributed by atoms with E-state index in [4.69, 9.17) is 13.7 Å². The molecule has 0 saturated carbocycles. The molecule has 0 spiro atoms. The van der Waals surface area contributed by atoms with Gasteiger partial charge >= 0.3 is 0 Å². The van der Waals surface area contributed by atoms with Crippen molar-refractivity contribution in [2.75, 3.05) is 7.11 Å². The maximum Gasteiger partial charge on any atom is 0.255 e. The molecule has 2 heterocycles. The van der Waals surface area contributed by atoms with Crippen LogP contribution in [-0.4, -0.2) is 23.2 Å². The van der Waals surface area contributed by atoms with Gasteiger partial charge in [-0.1, -0.05) is 17.3 Å². The molecule has 1 N–H and O–H groups in total. The number of rotatable bonds is 5. The molecule has 0 aliphatic rings. The highest BCUT2D eigenvalue weighted by Crippen LogP contribution is 2.23. The number of carbonyl (C=O) groups excluding carboxylic acids is 1. The van der Waals surface area contributed by atoms with Gasteiger partial charge in [0, 0.05) is 5.56 Å². The SMILES string of the molecule is COc1cccc(-c2noc(C(C)NC(=O)c3cc(C)oc3C)n2)c1. The predicted octanol–water partition coefficient (Wildman–Crippen LogP) is 3.45. The first-order valence-electron chi connectivity index (χ1n) is 7.84. The normalized spacial score (nSPS) is 12.0. The van der Waals surface area contributed by atoms with E-state index in [-0.39, 0.29) is 5.91 Å². The van der Waals surface area contributed by atoms with Crippen LogP contribution in [0.4, 0.5) is 0 Å². The van der Waals surface area contributed by atoms with E-state index in [0.717, 1.165) is 5.56 Å². The number of furan rings is 1. The van der Waals surface area contributed by atoms with Gasteiger partial charge in [0.15, 0.2) is 0 Å². The Labute approximate surface area is 145 Å². The lowest BCUT2D eigenvalue weighted by molar-refractivity contribution is 0.0931. The summed E-state index contributed by atoms with van der Waals surface area (Å²) in [4.78, 5) is 16.7. The highest BCUT2D eigenvalue weighted by Gasteiger charge is 2.20. The van der Waals surface area contributed by atoms with Crippen LogP contribution in [0.5, 0.6) is 5.75 Å². The highest BCUT2D eigenvalue weighted by atomic mass is 16.5. The first-order valence-corrected chi connectivity index (χ1v) is 7.84. The number of hydrogen-bond acceptors (Lipinski definition) is 6. The second-order valence-corrected chi connectivity index (χ2v) is 5.71. The Bertz CT molecular complexity index is 897. The molecule has 2 aromatic heterocycles. The van der Waals surface area contributed by atoms with Gasteiger partial charge in [0.05, 0.1) is 12.7 Å². The Morgan fingerprint density at radius 1 is 1.28 bits per heavy atom. The van der Waals surface area contributed by atoms with Crippen molar-refractivity contribution in [3.8, 4) is 17.1 Å². The van der Waals surface area contributed by atoms with Crippen LogP contribution in [0, 0.1) is 13.8 Å². The molecular formula is C18H19N3O4. The van der Waals surface area contributed by atoms with E-state index < -0.39 is 6.04 Å². The van der Waals surface area contributed by atoms with Gasteiger partial charge in [-0.3, -0.25) is 4.79 Å². The molecule has 7 heteroatoms. The van der Waals surface area contributed by atoms with Gasteiger partial charge in [-0.05, 0) is 39.0 Å². The molecule has 0 aliphatic carbocycles. The number of benzene rings is 1. The first kappa shape index (κ1) is 16.8. The smallest absolute Gasteiger partial charge is 0.255 e. The van der Waals surface area contributed by atoms with Crippen molar-refractivity contribution < 1.29 is 18.5 Å². The Morgan fingerprint density at radius 2 is 2.08 bits per heavy atom. The second-order valence-electron chi connectivity index (χ2n) is 5.71. The van der Waals surface area contributed by atoms with Gasteiger partial charge in [-0.2, -0.15) is 4.98 Å². The maximum absolute atomic E-state index is 12.3. The Morgan fingerprint density at radius 3 is 2.76 bits per heavy atom. The zero-order valence-corrected chi connectivity index (χ0v) is 14.5. The van der Waals surface area contributed by atoms with E-state index >= 15 is 0 Å². The molecule has 1 aromatic carbocycles. The number of aromatic nitrogens is 2. The summed E-state index contributed by atoms with van der Waals surface area (Å²) >= 11 is 0. The number of amides is 1. The molecule has 0 saturated heterocycles. The van der Waals surface area contributed by atoms with E-state index in [1.165, 1.54) is 0 Å². The molecule has 3 rings (SSSR count). The molecule has 0 aliphatic heterocycles. The van der Waals surface area contributed by atoms with E-state index in [2.05, 4.69) is 15.5 Å². The fourth-order valence-corrected chi connectivity index (χ4v) is 2.48. The number of nitrogens with one attached hydrogen (secondary N) is 1. The summed E-state index contributed by atoms with van der Waals surface area (Å²) in [5.41, 5.74) is 1.27. The molecule has 1 unspecified atom stereocenters. The predicted molar refractivity (Wildman–Crippen MR) is 90.3 cm³/mol.